The van der Waals surface area contributed by atoms with Crippen LogP contribution in [0.2, 0.25) is 0 Å². The Labute approximate surface area is 142 Å². The summed E-state index contributed by atoms with van der Waals surface area (Å²) in [6.07, 6.45) is 0. The number of aromatic hydroxyl groups is 4. The fourth-order valence-corrected chi connectivity index (χ4v) is 2.87. The van der Waals surface area contributed by atoms with E-state index in [4.69, 9.17) is 5.11 Å². The standard InChI is InChI=1S/C16H8O10/c17-4-1-3-7(10(16(25)26)9(4)15(23)24)14(22)8-5(18)2-6(19)13(21)11(8)12(3)20/h1-2,17-19,21H,(H,23,24)(H,25,26). The molecule has 0 radical (unpaired) electrons. The molecule has 132 valence electrons. The zero-order valence-corrected chi connectivity index (χ0v) is 12.5. The van der Waals surface area contributed by atoms with E-state index in [-0.39, 0.29) is 0 Å². The molecule has 3 rings (SSSR count). The van der Waals surface area contributed by atoms with Crippen LogP contribution in [0.3, 0.4) is 0 Å². The second-order valence-electron chi connectivity index (χ2n) is 5.35. The Hall–Kier alpha value is -4.08. The Morgan fingerprint density at radius 2 is 1.23 bits per heavy atom. The summed E-state index contributed by atoms with van der Waals surface area (Å²) in [4.78, 5) is 48.1. The van der Waals surface area contributed by atoms with Crippen molar-refractivity contribution >= 4 is 23.5 Å². The quantitative estimate of drug-likeness (QED) is 0.280. The number of rotatable bonds is 2. The molecule has 6 N–H and O–H groups in total. The van der Waals surface area contributed by atoms with Gasteiger partial charge in [-0.3, -0.25) is 9.59 Å². The van der Waals surface area contributed by atoms with Gasteiger partial charge in [0.05, 0.1) is 16.7 Å². The van der Waals surface area contributed by atoms with Crippen LogP contribution in [0.1, 0.15) is 52.6 Å². The van der Waals surface area contributed by atoms with Crippen molar-refractivity contribution in [1.82, 2.24) is 0 Å². The summed E-state index contributed by atoms with van der Waals surface area (Å²) in [5.74, 6) is -10.1. The van der Waals surface area contributed by atoms with Gasteiger partial charge in [0, 0.05) is 17.2 Å². The van der Waals surface area contributed by atoms with Crippen molar-refractivity contribution < 1.29 is 49.8 Å². The lowest BCUT2D eigenvalue weighted by Crippen LogP contribution is -2.26. The minimum atomic E-state index is -1.90. The first-order valence-electron chi connectivity index (χ1n) is 6.81. The SMILES string of the molecule is O=C(O)c1c(O)cc2c(c1C(=O)O)C(=O)c1c(O)cc(O)c(O)c1C2=O. The van der Waals surface area contributed by atoms with Crippen LogP contribution in [-0.4, -0.2) is 54.1 Å². The van der Waals surface area contributed by atoms with Crippen molar-refractivity contribution in [3.63, 3.8) is 0 Å². The van der Waals surface area contributed by atoms with Gasteiger partial charge in [-0.15, -0.1) is 0 Å². The number of carboxylic acid groups (broad SMARTS) is 2. The molecule has 0 saturated heterocycles. The van der Waals surface area contributed by atoms with Gasteiger partial charge in [0.1, 0.15) is 17.1 Å². The van der Waals surface area contributed by atoms with Crippen molar-refractivity contribution in [3.8, 4) is 23.0 Å². The van der Waals surface area contributed by atoms with Crippen LogP contribution in [0.15, 0.2) is 12.1 Å². The van der Waals surface area contributed by atoms with E-state index in [1.165, 1.54) is 0 Å². The third-order valence-corrected chi connectivity index (χ3v) is 3.92. The van der Waals surface area contributed by atoms with Gasteiger partial charge >= 0.3 is 11.9 Å². The number of ketones is 2. The average Bonchev–Trinajstić information content (AvgIpc) is 2.54. The number of carbonyl (C=O) groups excluding carboxylic acids is 2. The van der Waals surface area contributed by atoms with E-state index in [1.807, 2.05) is 0 Å². The Kier molecular flexibility index (Phi) is 3.36. The largest absolute Gasteiger partial charge is 0.507 e. The second kappa shape index (κ2) is 5.21. The third kappa shape index (κ3) is 1.99. The molecule has 10 nitrogen and oxygen atoms in total. The van der Waals surface area contributed by atoms with Crippen LogP contribution in [0.25, 0.3) is 0 Å². The molecular weight excluding hydrogens is 352 g/mol. The molecule has 0 heterocycles. The predicted octanol–water partition coefficient (Wildman–Crippen LogP) is 0.681. The topological polar surface area (TPSA) is 190 Å². The fraction of sp³-hybridized carbons (Fsp3) is 0. The van der Waals surface area contributed by atoms with Crippen molar-refractivity contribution in [3.05, 3.63) is 45.5 Å². The van der Waals surface area contributed by atoms with E-state index < -0.39 is 79.9 Å². The highest BCUT2D eigenvalue weighted by molar-refractivity contribution is 6.33. The Morgan fingerprint density at radius 1 is 0.654 bits per heavy atom. The van der Waals surface area contributed by atoms with E-state index in [9.17, 15) is 44.7 Å². The van der Waals surface area contributed by atoms with Crippen LogP contribution in [0.4, 0.5) is 0 Å². The summed E-state index contributed by atoms with van der Waals surface area (Å²) in [7, 11) is 0. The van der Waals surface area contributed by atoms with Crippen molar-refractivity contribution in [2.24, 2.45) is 0 Å². The third-order valence-electron chi connectivity index (χ3n) is 3.92. The summed E-state index contributed by atoms with van der Waals surface area (Å²) in [6.45, 7) is 0. The molecule has 1 aliphatic rings. The molecule has 2 aromatic carbocycles. The number of hydrogen-bond acceptors (Lipinski definition) is 8. The zero-order chi connectivity index (χ0) is 19.5. The first-order chi connectivity index (χ1) is 12.1. The van der Waals surface area contributed by atoms with Gasteiger partial charge < -0.3 is 30.6 Å². The fourth-order valence-electron chi connectivity index (χ4n) is 2.87. The van der Waals surface area contributed by atoms with Gasteiger partial charge in [0.2, 0.25) is 0 Å². The van der Waals surface area contributed by atoms with Gasteiger partial charge in [0.25, 0.3) is 0 Å². The highest BCUT2D eigenvalue weighted by Crippen LogP contribution is 2.44. The smallest absolute Gasteiger partial charge is 0.340 e. The molecule has 1 aliphatic carbocycles. The highest BCUT2D eigenvalue weighted by atomic mass is 16.4. The van der Waals surface area contributed by atoms with Gasteiger partial charge in [-0.2, -0.15) is 0 Å². The monoisotopic (exact) mass is 360 g/mol. The van der Waals surface area contributed by atoms with Crippen LogP contribution < -0.4 is 0 Å². The molecule has 0 amide bonds. The Bertz CT molecular complexity index is 1060. The lowest BCUT2D eigenvalue weighted by atomic mass is 9.79. The number of fused-ring (bicyclic) bond motifs is 2. The molecule has 0 bridgehead atoms. The Morgan fingerprint density at radius 3 is 1.77 bits per heavy atom. The van der Waals surface area contributed by atoms with Crippen molar-refractivity contribution in [2.45, 2.75) is 0 Å². The molecule has 0 saturated carbocycles. The lowest BCUT2D eigenvalue weighted by Gasteiger charge is -2.22. The number of hydrogen-bond donors (Lipinski definition) is 6. The van der Waals surface area contributed by atoms with E-state index in [2.05, 4.69) is 0 Å². The number of phenolic OH excluding ortho intramolecular Hbond substituents is 3. The first-order valence-corrected chi connectivity index (χ1v) is 6.81. The molecule has 0 atom stereocenters. The average molecular weight is 360 g/mol. The maximum Gasteiger partial charge on any atom is 0.340 e. The van der Waals surface area contributed by atoms with Gasteiger partial charge in [0.15, 0.2) is 23.1 Å². The van der Waals surface area contributed by atoms with E-state index in [0.717, 1.165) is 0 Å². The highest BCUT2D eigenvalue weighted by Gasteiger charge is 2.41. The molecule has 0 aliphatic heterocycles. The van der Waals surface area contributed by atoms with Crippen LogP contribution >= 0.6 is 0 Å². The number of phenols is 4. The van der Waals surface area contributed by atoms with Crippen LogP contribution in [0.5, 0.6) is 23.0 Å². The number of benzene rings is 2. The molecule has 0 fully saturated rings. The molecule has 0 aromatic heterocycles. The van der Waals surface area contributed by atoms with E-state index in [0.29, 0.717) is 12.1 Å². The number of aromatic carboxylic acids is 2. The van der Waals surface area contributed by atoms with Crippen molar-refractivity contribution in [1.29, 1.82) is 0 Å². The summed E-state index contributed by atoms with van der Waals surface area (Å²) >= 11 is 0. The lowest BCUT2D eigenvalue weighted by molar-refractivity contribution is 0.0646. The molecule has 0 spiro atoms. The van der Waals surface area contributed by atoms with Crippen molar-refractivity contribution in [2.75, 3.05) is 0 Å². The number of carbonyl (C=O) groups is 4. The van der Waals surface area contributed by atoms with Gasteiger partial charge in [-0.25, -0.2) is 9.59 Å². The van der Waals surface area contributed by atoms with Crippen LogP contribution in [0, 0.1) is 0 Å². The molecule has 10 heteroatoms. The molecule has 2 aromatic rings. The molecule has 26 heavy (non-hydrogen) atoms. The van der Waals surface area contributed by atoms with Crippen LogP contribution in [-0.2, 0) is 0 Å². The summed E-state index contributed by atoms with van der Waals surface area (Å²) in [5, 5.41) is 57.6. The van der Waals surface area contributed by atoms with E-state index in [1.54, 1.807) is 0 Å². The predicted molar refractivity (Wildman–Crippen MR) is 80.3 cm³/mol. The van der Waals surface area contributed by atoms with Gasteiger partial charge in [-0.1, -0.05) is 0 Å². The maximum atomic E-state index is 12.7. The Balaban J connectivity index is 2.51. The van der Waals surface area contributed by atoms with Gasteiger partial charge in [-0.05, 0) is 6.07 Å². The number of carboxylic acids is 2. The minimum Gasteiger partial charge on any atom is -0.507 e. The molecular formula is C16H8O10. The second-order valence-corrected chi connectivity index (χ2v) is 5.35. The zero-order valence-electron chi connectivity index (χ0n) is 12.5. The van der Waals surface area contributed by atoms with E-state index >= 15 is 0 Å². The normalized spacial score (nSPS) is 12.5. The first kappa shape index (κ1) is 16.8. The maximum absolute atomic E-state index is 12.7. The summed E-state index contributed by atoms with van der Waals surface area (Å²) < 4.78 is 0. The summed E-state index contributed by atoms with van der Waals surface area (Å²) in [5.41, 5.74) is -5.37. The minimum absolute atomic E-state index is 0.573. The molecule has 0 unspecified atom stereocenters. The summed E-state index contributed by atoms with van der Waals surface area (Å²) in [6, 6.07) is 1.15.